The van der Waals surface area contributed by atoms with Crippen molar-refractivity contribution in [2.24, 2.45) is 5.73 Å². The average molecular weight is 250 g/mol. The molecule has 0 bridgehead atoms. The normalized spacial score (nSPS) is 13.8. The van der Waals surface area contributed by atoms with Crippen LogP contribution in [0.2, 0.25) is 0 Å². The molecule has 0 rings (SSSR count). The summed E-state index contributed by atoms with van der Waals surface area (Å²) in [4.78, 5) is 11.5. The molecule has 0 aliphatic carbocycles. The molecule has 0 heterocycles. The minimum Gasteiger partial charge on any atom is -0.353 e. The molecule has 5 nitrogen and oxygen atoms in total. The van der Waals surface area contributed by atoms with Crippen LogP contribution in [0, 0.1) is 0 Å². The predicted octanol–water partition coefficient (Wildman–Crippen LogP) is 0.0532. The highest BCUT2D eigenvalue weighted by Crippen LogP contribution is 2.01. The van der Waals surface area contributed by atoms with Gasteiger partial charge >= 0.3 is 0 Å². The number of rotatable bonds is 7. The number of hydrogen-bond acceptors (Lipinski definition) is 4. The molecule has 6 heteroatoms. The van der Waals surface area contributed by atoms with Gasteiger partial charge in [-0.3, -0.25) is 4.79 Å². The van der Waals surface area contributed by atoms with E-state index in [2.05, 4.69) is 5.32 Å². The first-order valence-electron chi connectivity index (χ1n) is 5.58. The van der Waals surface area contributed by atoms with Gasteiger partial charge in [0.05, 0.1) is 5.25 Å². The van der Waals surface area contributed by atoms with Gasteiger partial charge in [0.1, 0.15) is 5.75 Å². The number of carbonyl (C=O) groups is 1. The van der Waals surface area contributed by atoms with Crippen LogP contribution in [0.1, 0.15) is 33.6 Å². The van der Waals surface area contributed by atoms with E-state index in [4.69, 9.17) is 5.73 Å². The fourth-order valence-corrected chi connectivity index (χ4v) is 2.26. The van der Waals surface area contributed by atoms with Gasteiger partial charge in [-0.1, -0.05) is 13.8 Å². The van der Waals surface area contributed by atoms with Crippen LogP contribution in [0.5, 0.6) is 0 Å². The van der Waals surface area contributed by atoms with E-state index >= 15 is 0 Å². The first-order valence-corrected chi connectivity index (χ1v) is 7.29. The van der Waals surface area contributed by atoms with Gasteiger partial charge < -0.3 is 11.1 Å². The summed E-state index contributed by atoms with van der Waals surface area (Å²) >= 11 is 0. The first-order chi connectivity index (χ1) is 7.37. The zero-order chi connectivity index (χ0) is 12.8. The van der Waals surface area contributed by atoms with E-state index in [-0.39, 0.29) is 12.6 Å². The predicted molar refractivity (Wildman–Crippen MR) is 64.8 cm³/mol. The largest absolute Gasteiger partial charge is 0.353 e. The Morgan fingerprint density at radius 2 is 1.81 bits per heavy atom. The minimum atomic E-state index is -3.41. The molecule has 0 aliphatic heterocycles. The standard InChI is InChI=1S/C10H22N2O3S/c1-4-9(5-2)12-10(13)7-16(14,15)8(3)6-11/h8-9H,4-7,11H2,1-3H3,(H,12,13). The van der Waals surface area contributed by atoms with Crippen molar-refractivity contribution in [1.82, 2.24) is 5.32 Å². The molecule has 16 heavy (non-hydrogen) atoms. The van der Waals surface area contributed by atoms with Gasteiger partial charge in [-0.15, -0.1) is 0 Å². The molecule has 1 unspecified atom stereocenters. The Morgan fingerprint density at radius 3 is 2.19 bits per heavy atom. The maximum atomic E-state index is 11.6. The van der Waals surface area contributed by atoms with Crippen LogP contribution in [0.4, 0.5) is 0 Å². The van der Waals surface area contributed by atoms with Crippen LogP contribution in [0.15, 0.2) is 0 Å². The Morgan fingerprint density at radius 1 is 1.31 bits per heavy atom. The van der Waals surface area contributed by atoms with Crippen molar-refractivity contribution in [1.29, 1.82) is 0 Å². The van der Waals surface area contributed by atoms with Gasteiger partial charge in [-0.2, -0.15) is 0 Å². The number of nitrogens with two attached hydrogens (primary N) is 1. The molecule has 0 spiro atoms. The summed E-state index contributed by atoms with van der Waals surface area (Å²) in [7, 11) is -3.41. The number of carbonyl (C=O) groups excluding carboxylic acids is 1. The molecule has 3 N–H and O–H groups in total. The van der Waals surface area contributed by atoms with E-state index < -0.39 is 26.7 Å². The van der Waals surface area contributed by atoms with Crippen LogP contribution in [-0.4, -0.2) is 37.9 Å². The molecule has 0 aliphatic rings. The lowest BCUT2D eigenvalue weighted by Gasteiger charge is -2.16. The second-order valence-electron chi connectivity index (χ2n) is 3.93. The van der Waals surface area contributed by atoms with E-state index in [1.807, 2.05) is 13.8 Å². The lowest BCUT2D eigenvalue weighted by molar-refractivity contribution is -0.119. The Bertz CT molecular complexity index is 310. The van der Waals surface area contributed by atoms with Crippen molar-refractivity contribution < 1.29 is 13.2 Å². The number of nitrogens with one attached hydrogen (secondary N) is 1. The van der Waals surface area contributed by atoms with Gasteiger partial charge in [-0.25, -0.2) is 8.42 Å². The molecule has 96 valence electrons. The zero-order valence-corrected chi connectivity index (χ0v) is 11.0. The Kier molecular flexibility index (Phi) is 6.59. The monoisotopic (exact) mass is 250 g/mol. The molecule has 0 aromatic heterocycles. The second kappa shape index (κ2) is 6.85. The maximum Gasteiger partial charge on any atom is 0.235 e. The van der Waals surface area contributed by atoms with Crippen LogP contribution >= 0.6 is 0 Å². The second-order valence-corrected chi connectivity index (χ2v) is 6.35. The SMILES string of the molecule is CCC(CC)NC(=O)CS(=O)(=O)C(C)CN. The molecule has 0 fully saturated rings. The Hall–Kier alpha value is -0.620. The van der Waals surface area contributed by atoms with Crippen molar-refractivity contribution in [2.45, 2.75) is 44.9 Å². The minimum absolute atomic E-state index is 0.0423. The molecule has 0 saturated heterocycles. The van der Waals surface area contributed by atoms with Gasteiger partial charge in [-0.05, 0) is 19.8 Å². The van der Waals surface area contributed by atoms with Crippen LogP contribution in [0.25, 0.3) is 0 Å². The summed E-state index contributed by atoms with van der Waals surface area (Å²) in [5, 5.41) is 2.03. The highest BCUT2D eigenvalue weighted by Gasteiger charge is 2.23. The molecular weight excluding hydrogens is 228 g/mol. The Balaban J connectivity index is 4.35. The van der Waals surface area contributed by atoms with Crippen molar-refractivity contribution >= 4 is 15.7 Å². The average Bonchev–Trinajstić information content (AvgIpc) is 2.23. The zero-order valence-electron chi connectivity index (χ0n) is 10.2. The fourth-order valence-electron chi connectivity index (χ4n) is 1.23. The third-order valence-corrected chi connectivity index (χ3v) is 4.71. The first kappa shape index (κ1) is 15.4. The third kappa shape index (κ3) is 4.94. The summed E-state index contributed by atoms with van der Waals surface area (Å²) < 4.78 is 23.2. The summed E-state index contributed by atoms with van der Waals surface area (Å²) in [5.41, 5.74) is 5.28. The van der Waals surface area contributed by atoms with Crippen molar-refractivity contribution in [3.8, 4) is 0 Å². The van der Waals surface area contributed by atoms with Crippen LogP contribution in [-0.2, 0) is 14.6 Å². The van der Waals surface area contributed by atoms with Crippen molar-refractivity contribution in [2.75, 3.05) is 12.3 Å². The highest BCUT2D eigenvalue weighted by molar-refractivity contribution is 7.92. The number of amides is 1. The van der Waals surface area contributed by atoms with E-state index in [1.54, 1.807) is 0 Å². The fraction of sp³-hybridized carbons (Fsp3) is 0.900. The van der Waals surface area contributed by atoms with E-state index in [1.165, 1.54) is 6.92 Å². The number of sulfone groups is 1. The highest BCUT2D eigenvalue weighted by atomic mass is 32.2. The topological polar surface area (TPSA) is 89.3 Å². The quantitative estimate of drug-likeness (QED) is 0.668. The molecule has 0 saturated carbocycles. The summed E-state index contributed by atoms with van der Waals surface area (Å²) in [6.07, 6.45) is 1.60. The van der Waals surface area contributed by atoms with Gasteiger partial charge in [0.15, 0.2) is 9.84 Å². The Labute approximate surface area is 97.7 Å². The van der Waals surface area contributed by atoms with Gasteiger partial charge in [0.25, 0.3) is 0 Å². The molecule has 1 amide bonds. The molecule has 0 radical (unpaired) electrons. The summed E-state index contributed by atoms with van der Waals surface area (Å²) in [6, 6.07) is 0.0517. The molecule has 0 aromatic rings. The summed E-state index contributed by atoms with van der Waals surface area (Å²) in [5.74, 6) is -0.906. The van der Waals surface area contributed by atoms with Crippen LogP contribution in [0.3, 0.4) is 0 Å². The van der Waals surface area contributed by atoms with E-state index in [0.29, 0.717) is 0 Å². The van der Waals surface area contributed by atoms with E-state index in [0.717, 1.165) is 12.8 Å². The third-order valence-electron chi connectivity index (χ3n) is 2.63. The van der Waals surface area contributed by atoms with E-state index in [9.17, 15) is 13.2 Å². The lowest BCUT2D eigenvalue weighted by atomic mass is 10.2. The molecule has 0 aromatic carbocycles. The van der Waals surface area contributed by atoms with Crippen molar-refractivity contribution in [3.63, 3.8) is 0 Å². The van der Waals surface area contributed by atoms with Gasteiger partial charge in [0, 0.05) is 12.6 Å². The molecule has 1 atom stereocenters. The maximum absolute atomic E-state index is 11.6. The lowest BCUT2D eigenvalue weighted by Crippen LogP contribution is -2.40. The summed E-state index contributed by atoms with van der Waals surface area (Å²) in [6.45, 7) is 5.46. The van der Waals surface area contributed by atoms with Crippen molar-refractivity contribution in [3.05, 3.63) is 0 Å². The van der Waals surface area contributed by atoms with Crippen LogP contribution < -0.4 is 11.1 Å². The smallest absolute Gasteiger partial charge is 0.235 e. The molecular formula is C10H22N2O3S. The number of hydrogen-bond donors (Lipinski definition) is 2. The van der Waals surface area contributed by atoms with Gasteiger partial charge in [0.2, 0.25) is 5.91 Å².